The van der Waals surface area contributed by atoms with Crippen LogP contribution in [-0.2, 0) is 34.3 Å². The molecule has 1 amide bonds. The van der Waals surface area contributed by atoms with Gasteiger partial charge in [-0.15, -0.1) is 0 Å². The fourth-order valence-electron chi connectivity index (χ4n) is 4.71. The molecule has 0 fully saturated rings. The molecule has 7 nitrogen and oxygen atoms in total. The molecule has 1 atom stereocenters. The van der Waals surface area contributed by atoms with E-state index in [0.717, 1.165) is 11.1 Å². The van der Waals surface area contributed by atoms with Crippen molar-refractivity contribution in [3.63, 3.8) is 0 Å². The van der Waals surface area contributed by atoms with Crippen LogP contribution in [0.25, 0.3) is 0 Å². The first kappa shape index (κ1) is 25.4. The van der Waals surface area contributed by atoms with Crippen LogP contribution in [0.2, 0.25) is 0 Å². The van der Waals surface area contributed by atoms with E-state index in [1.807, 2.05) is 39.8 Å². The number of rotatable bonds is 7. The monoisotopic (exact) mass is 494 g/mol. The standard InChI is InChI=1S/C28H31FN2O5/c1-5-35-19-7-8-21-18(14-19)10-11-31(26(34)16-20-15-25(33)30-36-20)27(21)24(32)13-17-6-9-22(23(29)12-17)28(2,3)4/h6-9,12,14-15,27H,5,10-11,13,16H2,1-4H3,(H,30,33). The van der Waals surface area contributed by atoms with Gasteiger partial charge in [0.25, 0.3) is 5.56 Å². The zero-order valence-corrected chi connectivity index (χ0v) is 21.0. The van der Waals surface area contributed by atoms with Gasteiger partial charge in [0.1, 0.15) is 23.4 Å². The lowest BCUT2D eigenvalue weighted by Gasteiger charge is -2.36. The van der Waals surface area contributed by atoms with Gasteiger partial charge in [-0.2, -0.15) is 5.16 Å². The molecular weight excluding hydrogens is 463 g/mol. The fourth-order valence-corrected chi connectivity index (χ4v) is 4.71. The first-order valence-electron chi connectivity index (χ1n) is 12.1. The third-order valence-corrected chi connectivity index (χ3v) is 6.40. The molecule has 8 heteroatoms. The molecule has 190 valence electrons. The van der Waals surface area contributed by atoms with E-state index in [4.69, 9.17) is 9.26 Å². The van der Waals surface area contributed by atoms with Crippen molar-refractivity contribution in [2.24, 2.45) is 0 Å². The van der Waals surface area contributed by atoms with Crippen molar-refractivity contribution >= 4 is 11.7 Å². The number of Topliss-reactive ketones (excluding diaryl/α,β-unsaturated/α-hetero) is 1. The van der Waals surface area contributed by atoms with Gasteiger partial charge < -0.3 is 14.2 Å². The lowest BCUT2D eigenvalue weighted by molar-refractivity contribution is -0.140. The summed E-state index contributed by atoms with van der Waals surface area (Å²) in [6.07, 6.45) is 0.378. The maximum absolute atomic E-state index is 14.8. The summed E-state index contributed by atoms with van der Waals surface area (Å²) in [7, 11) is 0. The second-order valence-corrected chi connectivity index (χ2v) is 10.1. The number of fused-ring (bicyclic) bond motifs is 1. The number of carbonyl (C=O) groups excluding carboxylic acids is 2. The van der Waals surface area contributed by atoms with Crippen LogP contribution in [0.15, 0.2) is 51.8 Å². The number of ether oxygens (including phenoxy) is 1. The van der Waals surface area contributed by atoms with Crippen molar-refractivity contribution < 1.29 is 23.2 Å². The van der Waals surface area contributed by atoms with Crippen molar-refractivity contribution in [3.8, 4) is 5.75 Å². The molecule has 0 radical (unpaired) electrons. The zero-order valence-electron chi connectivity index (χ0n) is 21.0. The third-order valence-electron chi connectivity index (χ3n) is 6.40. The van der Waals surface area contributed by atoms with Crippen LogP contribution in [-0.4, -0.2) is 34.9 Å². The van der Waals surface area contributed by atoms with Crippen molar-refractivity contribution in [3.05, 3.63) is 86.6 Å². The van der Waals surface area contributed by atoms with Crippen LogP contribution in [0, 0.1) is 5.82 Å². The number of benzene rings is 2. The van der Waals surface area contributed by atoms with E-state index in [1.165, 1.54) is 17.0 Å². The van der Waals surface area contributed by atoms with Gasteiger partial charge >= 0.3 is 0 Å². The van der Waals surface area contributed by atoms with Gasteiger partial charge in [-0.05, 0) is 59.2 Å². The molecular formula is C28H31FN2O5. The van der Waals surface area contributed by atoms with Gasteiger partial charge in [0, 0.05) is 19.0 Å². The van der Waals surface area contributed by atoms with Crippen molar-refractivity contribution in [1.29, 1.82) is 0 Å². The average molecular weight is 495 g/mol. The van der Waals surface area contributed by atoms with Crippen LogP contribution in [0.1, 0.15) is 61.8 Å². The summed E-state index contributed by atoms with van der Waals surface area (Å²) in [5, 5.41) is 2.18. The summed E-state index contributed by atoms with van der Waals surface area (Å²) in [4.78, 5) is 39.9. The molecule has 36 heavy (non-hydrogen) atoms. The number of nitrogens with one attached hydrogen (secondary N) is 1. The Hall–Kier alpha value is -3.68. The molecule has 4 rings (SSSR count). The summed E-state index contributed by atoms with van der Waals surface area (Å²) in [6.45, 7) is 8.54. The molecule has 0 spiro atoms. The minimum Gasteiger partial charge on any atom is -0.494 e. The van der Waals surface area contributed by atoms with Gasteiger partial charge in [0.2, 0.25) is 5.91 Å². The number of hydrogen-bond donors (Lipinski definition) is 1. The summed E-state index contributed by atoms with van der Waals surface area (Å²) in [5.74, 6) is 0.00935. The highest BCUT2D eigenvalue weighted by atomic mass is 19.1. The van der Waals surface area contributed by atoms with E-state index < -0.39 is 11.6 Å². The van der Waals surface area contributed by atoms with Crippen LogP contribution >= 0.6 is 0 Å². The number of hydrogen-bond acceptors (Lipinski definition) is 5. The molecule has 1 aliphatic heterocycles. The van der Waals surface area contributed by atoms with Gasteiger partial charge in [0.15, 0.2) is 5.78 Å². The highest BCUT2D eigenvalue weighted by molar-refractivity contribution is 5.92. The van der Waals surface area contributed by atoms with E-state index in [1.54, 1.807) is 18.2 Å². The molecule has 1 unspecified atom stereocenters. The highest BCUT2D eigenvalue weighted by Gasteiger charge is 2.36. The normalized spacial score (nSPS) is 15.5. The van der Waals surface area contributed by atoms with Crippen LogP contribution < -0.4 is 10.3 Å². The number of aromatic amines is 1. The van der Waals surface area contributed by atoms with Crippen molar-refractivity contribution in [2.45, 2.75) is 58.4 Å². The molecule has 0 bridgehead atoms. The smallest absolute Gasteiger partial charge is 0.280 e. The Kier molecular flexibility index (Phi) is 7.15. The van der Waals surface area contributed by atoms with Crippen molar-refractivity contribution in [2.75, 3.05) is 13.2 Å². The van der Waals surface area contributed by atoms with Crippen LogP contribution in [0.3, 0.4) is 0 Å². The number of H-pyrrole nitrogens is 1. The molecule has 0 saturated carbocycles. The van der Waals surface area contributed by atoms with Crippen molar-refractivity contribution in [1.82, 2.24) is 10.1 Å². The Balaban J connectivity index is 1.65. The second-order valence-electron chi connectivity index (χ2n) is 10.1. The lowest BCUT2D eigenvalue weighted by Crippen LogP contribution is -2.44. The molecule has 1 aliphatic rings. The highest BCUT2D eigenvalue weighted by Crippen LogP contribution is 2.34. The number of carbonyl (C=O) groups is 2. The zero-order chi connectivity index (χ0) is 26.0. The predicted octanol–water partition coefficient (Wildman–Crippen LogP) is 4.28. The fraction of sp³-hybridized carbons (Fsp3) is 0.393. The molecule has 0 aliphatic carbocycles. The number of aromatic nitrogens is 1. The van der Waals surface area contributed by atoms with Gasteiger partial charge in [-0.1, -0.05) is 39.0 Å². The van der Waals surface area contributed by atoms with E-state index in [2.05, 4.69) is 5.16 Å². The number of halogens is 1. The molecule has 3 aromatic rings. The van der Waals surface area contributed by atoms with Gasteiger partial charge in [0.05, 0.1) is 13.0 Å². The van der Waals surface area contributed by atoms with Gasteiger partial charge in [-0.3, -0.25) is 14.4 Å². The van der Waals surface area contributed by atoms with Crippen LogP contribution in [0.4, 0.5) is 4.39 Å². The Morgan fingerprint density at radius 3 is 2.56 bits per heavy atom. The maximum Gasteiger partial charge on any atom is 0.280 e. The SMILES string of the molecule is CCOc1ccc2c(c1)CCN(C(=O)Cc1cc(=O)[nH]o1)C2C(=O)Cc1ccc(C(C)(C)C)c(F)c1. The topological polar surface area (TPSA) is 92.6 Å². The lowest BCUT2D eigenvalue weighted by atomic mass is 9.85. The first-order chi connectivity index (χ1) is 17.1. The largest absolute Gasteiger partial charge is 0.494 e. The Labute approximate surface area is 209 Å². The van der Waals surface area contributed by atoms with Gasteiger partial charge in [-0.25, -0.2) is 4.39 Å². The molecule has 1 N–H and O–H groups in total. The molecule has 2 heterocycles. The third kappa shape index (κ3) is 5.42. The summed E-state index contributed by atoms with van der Waals surface area (Å²) in [6, 6.07) is 10.8. The first-order valence-corrected chi connectivity index (χ1v) is 12.1. The summed E-state index contributed by atoms with van der Waals surface area (Å²) >= 11 is 0. The predicted molar refractivity (Wildman–Crippen MR) is 133 cm³/mol. The minimum absolute atomic E-state index is 0.0261. The maximum atomic E-state index is 14.8. The van der Waals surface area contributed by atoms with E-state index >= 15 is 0 Å². The Morgan fingerprint density at radius 2 is 1.92 bits per heavy atom. The van der Waals surface area contributed by atoms with Crippen LogP contribution in [0.5, 0.6) is 5.75 Å². The second kappa shape index (κ2) is 10.1. The molecule has 0 saturated heterocycles. The van der Waals surface area contributed by atoms with E-state index in [0.29, 0.717) is 36.4 Å². The molecule has 1 aromatic heterocycles. The number of ketones is 1. The number of amides is 1. The summed E-state index contributed by atoms with van der Waals surface area (Å²) in [5.41, 5.74) is 2.00. The Morgan fingerprint density at radius 1 is 1.14 bits per heavy atom. The van der Waals surface area contributed by atoms with E-state index in [-0.39, 0.29) is 41.5 Å². The minimum atomic E-state index is -0.840. The average Bonchev–Trinajstić information content (AvgIpc) is 3.21. The Bertz CT molecular complexity index is 1330. The van der Waals surface area contributed by atoms with E-state index in [9.17, 15) is 18.8 Å². The number of nitrogens with zero attached hydrogens (tertiary/aromatic N) is 1. The summed E-state index contributed by atoms with van der Waals surface area (Å²) < 4.78 is 25.5. The molecule has 2 aromatic carbocycles. The quantitative estimate of drug-likeness (QED) is 0.529.